The van der Waals surface area contributed by atoms with E-state index in [4.69, 9.17) is 16.3 Å². The molecule has 0 bridgehead atoms. The highest BCUT2D eigenvalue weighted by Gasteiger charge is 2.23. The van der Waals surface area contributed by atoms with Crippen LogP contribution in [0.4, 0.5) is 0 Å². The third-order valence-electron chi connectivity index (χ3n) is 4.56. The lowest BCUT2D eigenvalue weighted by molar-refractivity contribution is 0.0157. The normalized spacial score (nSPS) is 18.5. The van der Waals surface area contributed by atoms with Crippen molar-refractivity contribution in [1.82, 2.24) is 20.0 Å². The van der Waals surface area contributed by atoms with Crippen LogP contribution in [-0.2, 0) is 11.8 Å². The van der Waals surface area contributed by atoms with Gasteiger partial charge in [0.15, 0.2) is 0 Å². The molecule has 0 aliphatic carbocycles. The van der Waals surface area contributed by atoms with E-state index in [0.29, 0.717) is 0 Å². The topological polar surface area (TPSA) is 42.3 Å². The first-order valence-corrected chi connectivity index (χ1v) is 8.80. The molecule has 3 rings (SSSR count). The summed E-state index contributed by atoms with van der Waals surface area (Å²) in [6.45, 7) is 6.49. The predicted octanol–water partition coefficient (Wildman–Crippen LogP) is 2.80. The summed E-state index contributed by atoms with van der Waals surface area (Å²) >= 11 is 6.21. The van der Waals surface area contributed by atoms with E-state index < -0.39 is 0 Å². The zero-order chi connectivity index (χ0) is 16.9. The molecular weight excluding hydrogens is 324 g/mol. The molecule has 1 fully saturated rings. The summed E-state index contributed by atoms with van der Waals surface area (Å²) in [6.07, 6.45) is 3.97. The van der Waals surface area contributed by atoms with Crippen LogP contribution in [0.2, 0.25) is 5.02 Å². The van der Waals surface area contributed by atoms with Gasteiger partial charge in [-0.1, -0.05) is 23.7 Å². The van der Waals surface area contributed by atoms with Crippen molar-refractivity contribution in [2.45, 2.75) is 19.0 Å². The number of ether oxygens (including phenoxy) is 1. The van der Waals surface area contributed by atoms with Gasteiger partial charge in [-0.15, -0.1) is 0 Å². The van der Waals surface area contributed by atoms with Crippen molar-refractivity contribution in [3.8, 4) is 0 Å². The highest BCUT2D eigenvalue weighted by molar-refractivity contribution is 6.30. The minimum absolute atomic E-state index is 0.251. The molecule has 2 atom stereocenters. The van der Waals surface area contributed by atoms with Crippen molar-refractivity contribution in [3.63, 3.8) is 0 Å². The predicted molar refractivity (Wildman–Crippen MR) is 96.2 cm³/mol. The van der Waals surface area contributed by atoms with Gasteiger partial charge in [0.05, 0.1) is 19.4 Å². The molecule has 1 saturated heterocycles. The highest BCUT2D eigenvalue weighted by Crippen LogP contribution is 2.25. The monoisotopic (exact) mass is 348 g/mol. The zero-order valence-corrected chi connectivity index (χ0v) is 15.0. The molecule has 6 heteroatoms. The highest BCUT2D eigenvalue weighted by atomic mass is 35.5. The Morgan fingerprint density at radius 2 is 2.08 bits per heavy atom. The van der Waals surface area contributed by atoms with E-state index in [1.54, 1.807) is 0 Å². The number of hydrogen-bond donors (Lipinski definition) is 1. The molecule has 2 aromatic rings. The molecule has 0 amide bonds. The molecule has 1 aromatic carbocycles. The Kier molecular flexibility index (Phi) is 5.89. The maximum absolute atomic E-state index is 6.21. The fourth-order valence-corrected chi connectivity index (χ4v) is 3.33. The molecule has 5 nitrogen and oxygen atoms in total. The lowest BCUT2D eigenvalue weighted by atomic mass is 10.0. The van der Waals surface area contributed by atoms with Gasteiger partial charge < -0.3 is 10.1 Å². The van der Waals surface area contributed by atoms with Crippen LogP contribution < -0.4 is 5.32 Å². The van der Waals surface area contributed by atoms with Crippen molar-refractivity contribution >= 4 is 11.6 Å². The molecule has 1 N–H and O–H groups in total. The molecule has 130 valence electrons. The van der Waals surface area contributed by atoms with Gasteiger partial charge >= 0.3 is 0 Å². The third kappa shape index (κ3) is 4.36. The minimum atomic E-state index is 0.251. The van der Waals surface area contributed by atoms with Crippen LogP contribution in [0.1, 0.15) is 30.1 Å². The first-order chi connectivity index (χ1) is 11.6. The zero-order valence-electron chi connectivity index (χ0n) is 14.3. The Bertz CT molecular complexity index is 654. The number of halogens is 1. The van der Waals surface area contributed by atoms with Gasteiger partial charge in [-0.05, 0) is 24.6 Å². The lowest BCUT2D eigenvalue weighted by Crippen LogP contribution is -2.43. The summed E-state index contributed by atoms with van der Waals surface area (Å²) in [5, 5.41) is 8.69. The first kappa shape index (κ1) is 17.4. The van der Waals surface area contributed by atoms with Gasteiger partial charge in [-0.25, -0.2) is 0 Å². The fraction of sp³-hybridized carbons (Fsp3) is 0.500. The molecule has 0 spiro atoms. The molecular formula is C18H25ClN4O. The molecule has 1 aliphatic rings. The Labute approximate surface area is 148 Å². The van der Waals surface area contributed by atoms with Crippen LogP contribution in [0.15, 0.2) is 36.7 Å². The van der Waals surface area contributed by atoms with E-state index in [9.17, 15) is 0 Å². The number of nitrogens with zero attached hydrogens (tertiary/aromatic N) is 3. The van der Waals surface area contributed by atoms with E-state index in [0.717, 1.165) is 37.9 Å². The van der Waals surface area contributed by atoms with Gasteiger partial charge in [0, 0.05) is 55.5 Å². The smallest absolute Gasteiger partial charge is 0.0594 e. The Hall–Kier alpha value is -1.40. The Balaban J connectivity index is 1.72. The van der Waals surface area contributed by atoms with Gasteiger partial charge in [-0.3, -0.25) is 9.58 Å². The quantitative estimate of drug-likeness (QED) is 0.871. The van der Waals surface area contributed by atoms with Gasteiger partial charge in [0.1, 0.15) is 0 Å². The molecule has 0 unspecified atom stereocenters. The van der Waals surface area contributed by atoms with Crippen molar-refractivity contribution in [2.75, 3.05) is 32.8 Å². The number of hydrogen-bond acceptors (Lipinski definition) is 4. The maximum atomic E-state index is 6.21. The number of aromatic nitrogens is 2. The van der Waals surface area contributed by atoms with Gasteiger partial charge in [0.25, 0.3) is 0 Å². The van der Waals surface area contributed by atoms with Crippen molar-refractivity contribution in [3.05, 3.63) is 52.8 Å². The van der Waals surface area contributed by atoms with E-state index in [-0.39, 0.29) is 12.1 Å². The van der Waals surface area contributed by atoms with Crippen molar-refractivity contribution < 1.29 is 4.74 Å². The van der Waals surface area contributed by atoms with Crippen molar-refractivity contribution in [2.24, 2.45) is 7.05 Å². The van der Waals surface area contributed by atoms with Crippen LogP contribution in [0.5, 0.6) is 0 Å². The summed E-state index contributed by atoms with van der Waals surface area (Å²) in [4.78, 5) is 2.47. The SMILES string of the molecule is C[C@H](NC[C@@H](c1cccc(Cl)c1)N1CCOCC1)c1cnn(C)c1. The molecule has 0 saturated carbocycles. The van der Waals surface area contributed by atoms with Crippen molar-refractivity contribution in [1.29, 1.82) is 0 Å². The number of rotatable bonds is 6. The van der Waals surface area contributed by atoms with Crippen LogP contribution >= 0.6 is 11.6 Å². The molecule has 1 aliphatic heterocycles. The summed E-state index contributed by atoms with van der Waals surface area (Å²) in [5.41, 5.74) is 2.44. The minimum Gasteiger partial charge on any atom is -0.379 e. The molecule has 2 heterocycles. The average Bonchev–Trinajstić information content (AvgIpc) is 3.02. The van der Waals surface area contributed by atoms with Crippen LogP contribution in [0.3, 0.4) is 0 Å². The van der Waals surface area contributed by atoms with E-state index in [1.807, 2.05) is 30.1 Å². The maximum Gasteiger partial charge on any atom is 0.0594 e. The molecule has 0 radical (unpaired) electrons. The second-order valence-corrected chi connectivity index (χ2v) is 6.73. The number of morpholine rings is 1. The molecule has 1 aromatic heterocycles. The lowest BCUT2D eigenvalue weighted by Gasteiger charge is -2.35. The summed E-state index contributed by atoms with van der Waals surface area (Å²) in [5.74, 6) is 0. The second kappa shape index (κ2) is 8.12. The van der Waals surface area contributed by atoms with E-state index in [2.05, 4.69) is 40.6 Å². The first-order valence-electron chi connectivity index (χ1n) is 8.42. The largest absolute Gasteiger partial charge is 0.379 e. The summed E-state index contributed by atoms with van der Waals surface area (Å²) < 4.78 is 7.35. The van der Waals surface area contributed by atoms with Gasteiger partial charge in [0.2, 0.25) is 0 Å². The second-order valence-electron chi connectivity index (χ2n) is 6.30. The Morgan fingerprint density at radius 1 is 1.29 bits per heavy atom. The summed E-state index contributed by atoms with van der Waals surface area (Å²) in [6, 6.07) is 8.71. The standard InChI is InChI=1S/C18H25ClN4O/c1-14(16-11-21-22(2)13-16)20-12-18(23-6-8-24-9-7-23)15-4-3-5-17(19)10-15/h3-5,10-11,13-14,18,20H,6-9,12H2,1-2H3/t14-,18-/m0/s1. The Morgan fingerprint density at radius 3 is 2.75 bits per heavy atom. The van der Waals surface area contributed by atoms with E-state index >= 15 is 0 Å². The molecule has 24 heavy (non-hydrogen) atoms. The number of benzene rings is 1. The number of nitrogens with one attached hydrogen (secondary N) is 1. The third-order valence-corrected chi connectivity index (χ3v) is 4.80. The number of aryl methyl sites for hydroxylation is 1. The summed E-state index contributed by atoms with van der Waals surface area (Å²) in [7, 11) is 1.94. The van der Waals surface area contributed by atoms with Crippen LogP contribution in [0, 0.1) is 0 Å². The fourth-order valence-electron chi connectivity index (χ4n) is 3.13. The van der Waals surface area contributed by atoms with Crippen LogP contribution in [-0.4, -0.2) is 47.5 Å². The average molecular weight is 349 g/mol. The van der Waals surface area contributed by atoms with Crippen LogP contribution in [0.25, 0.3) is 0 Å². The van der Waals surface area contributed by atoms with Gasteiger partial charge in [-0.2, -0.15) is 5.10 Å². The van der Waals surface area contributed by atoms with E-state index in [1.165, 1.54) is 11.1 Å².